The fourth-order valence-electron chi connectivity index (χ4n) is 3.48. The first-order chi connectivity index (χ1) is 10.6. The molecule has 0 spiro atoms. The number of rotatable bonds is 3. The van der Waals surface area contributed by atoms with Gasteiger partial charge in [-0.15, -0.1) is 0 Å². The number of aromatic nitrogens is 1. The van der Waals surface area contributed by atoms with Crippen LogP contribution in [0.2, 0.25) is 0 Å². The van der Waals surface area contributed by atoms with Gasteiger partial charge in [-0.05, 0) is 70.0 Å². The van der Waals surface area contributed by atoms with E-state index in [4.69, 9.17) is 0 Å². The van der Waals surface area contributed by atoms with Crippen LogP contribution in [0.25, 0.3) is 10.9 Å². The van der Waals surface area contributed by atoms with Crippen molar-refractivity contribution in [2.75, 3.05) is 14.1 Å². The Kier molecular flexibility index (Phi) is 3.22. The zero-order chi connectivity index (χ0) is 15.3. The third kappa shape index (κ3) is 2.41. The number of nitrogens with zero attached hydrogens (tertiary/aromatic N) is 1. The second kappa shape index (κ2) is 5.13. The van der Waals surface area contributed by atoms with Crippen molar-refractivity contribution in [1.29, 1.82) is 0 Å². The number of H-pyrrole nitrogens is 1. The molecule has 116 valence electrons. The molecule has 2 aliphatic rings. The van der Waals surface area contributed by atoms with E-state index in [2.05, 4.69) is 41.4 Å². The van der Waals surface area contributed by atoms with E-state index >= 15 is 0 Å². The van der Waals surface area contributed by atoms with E-state index < -0.39 is 0 Å². The zero-order valence-electron chi connectivity index (χ0n) is 13.3. The SMILES string of the molecule is CN(C)C1CCc2[nH]c3ccc(C(=O)NC4CC4)cc3c2C1. The molecule has 1 amide bonds. The minimum Gasteiger partial charge on any atom is -0.358 e. The van der Waals surface area contributed by atoms with Crippen LogP contribution in [0.15, 0.2) is 18.2 Å². The lowest BCUT2D eigenvalue weighted by Crippen LogP contribution is -2.33. The molecule has 4 nitrogen and oxygen atoms in total. The van der Waals surface area contributed by atoms with Gasteiger partial charge < -0.3 is 15.2 Å². The van der Waals surface area contributed by atoms with Gasteiger partial charge in [-0.25, -0.2) is 0 Å². The Hall–Kier alpha value is -1.81. The third-order valence-electron chi connectivity index (χ3n) is 5.07. The van der Waals surface area contributed by atoms with Crippen LogP contribution < -0.4 is 5.32 Å². The van der Waals surface area contributed by atoms with Gasteiger partial charge in [-0.2, -0.15) is 0 Å². The first kappa shape index (κ1) is 13.8. The first-order valence-electron chi connectivity index (χ1n) is 8.22. The summed E-state index contributed by atoms with van der Waals surface area (Å²) < 4.78 is 0. The molecule has 1 unspecified atom stereocenters. The Labute approximate surface area is 130 Å². The Bertz CT molecular complexity index is 727. The van der Waals surface area contributed by atoms with E-state index in [0.717, 1.165) is 36.8 Å². The smallest absolute Gasteiger partial charge is 0.251 e. The summed E-state index contributed by atoms with van der Waals surface area (Å²) in [7, 11) is 4.30. The summed E-state index contributed by atoms with van der Waals surface area (Å²) in [6.07, 6.45) is 5.60. The second-order valence-electron chi connectivity index (χ2n) is 6.95. The average Bonchev–Trinajstić information content (AvgIpc) is 3.24. The number of fused-ring (bicyclic) bond motifs is 3. The number of aromatic amines is 1. The summed E-state index contributed by atoms with van der Waals surface area (Å²) >= 11 is 0. The summed E-state index contributed by atoms with van der Waals surface area (Å²) in [6.45, 7) is 0. The van der Waals surface area contributed by atoms with Gasteiger partial charge >= 0.3 is 0 Å². The van der Waals surface area contributed by atoms with Crippen molar-refractivity contribution in [2.45, 2.75) is 44.2 Å². The molecule has 1 aromatic carbocycles. The van der Waals surface area contributed by atoms with Gasteiger partial charge in [0.25, 0.3) is 5.91 Å². The topological polar surface area (TPSA) is 48.1 Å². The molecule has 1 fully saturated rings. The predicted molar refractivity (Wildman–Crippen MR) is 88.3 cm³/mol. The van der Waals surface area contributed by atoms with Gasteiger partial charge in [-0.1, -0.05) is 0 Å². The monoisotopic (exact) mass is 297 g/mol. The lowest BCUT2D eigenvalue weighted by Gasteiger charge is -2.28. The largest absolute Gasteiger partial charge is 0.358 e. The zero-order valence-corrected chi connectivity index (χ0v) is 13.3. The van der Waals surface area contributed by atoms with Crippen molar-refractivity contribution in [3.05, 3.63) is 35.0 Å². The van der Waals surface area contributed by atoms with Crippen molar-refractivity contribution in [3.8, 4) is 0 Å². The van der Waals surface area contributed by atoms with Crippen molar-refractivity contribution in [2.24, 2.45) is 0 Å². The van der Waals surface area contributed by atoms with E-state index in [9.17, 15) is 4.79 Å². The molecule has 0 aliphatic heterocycles. The number of benzene rings is 1. The highest BCUT2D eigenvalue weighted by molar-refractivity contribution is 5.99. The maximum Gasteiger partial charge on any atom is 0.251 e. The number of hydrogen-bond donors (Lipinski definition) is 2. The number of amides is 1. The average molecular weight is 297 g/mol. The highest BCUT2D eigenvalue weighted by Gasteiger charge is 2.26. The van der Waals surface area contributed by atoms with Crippen LogP contribution in [0.3, 0.4) is 0 Å². The molecule has 0 radical (unpaired) electrons. The molecule has 4 rings (SSSR count). The maximum atomic E-state index is 12.3. The number of likely N-dealkylation sites (N-methyl/N-ethyl adjacent to an activating group) is 1. The Morgan fingerprint density at radius 1 is 1.27 bits per heavy atom. The number of nitrogens with one attached hydrogen (secondary N) is 2. The van der Waals surface area contributed by atoms with Crippen LogP contribution >= 0.6 is 0 Å². The van der Waals surface area contributed by atoms with E-state index in [0.29, 0.717) is 12.1 Å². The molecule has 2 aliphatic carbocycles. The third-order valence-corrected chi connectivity index (χ3v) is 5.07. The van der Waals surface area contributed by atoms with E-state index in [1.165, 1.54) is 23.1 Å². The van der Waals surface area contributed by atoms with Crippen molar-refractivity contribution < 1.29 is 4.79 Å². The molecule has 4 heteroatoms. The molecule has 2 aromatic rings. The Morgan fingerprint density at radius 3 is 2.82 bits per heavy atom. The van der Waals surface area contributed by atoms with Gasteiger partial charge in [0.15, 0.2) is 0 Å². The molecular formula is C18H23N3O. The molecule has 1 saturated carbocycles. The number of carbonyl (C=O) groups is 1. The molecular weight excluding hydrogens is 274 g/mol. The summed E-state index contributed by atoms with van der Waals surface area (Å²) in [5.74, 6) is 0.0688. The van der Waals surface area contributed by atoms with E-state index in [1.54, 1.807) is 0 Å². The molecule has 1 aromatic heterocycles. The number of carbonyl (C=O) groups excluding carboxylic acids is 1. The van der Waals surface area contributed by atoms with Gasteiger partial charge in [0.1, 0.15) is 0 Å². The Morgan fingerprint density at radius 2 is 2.09 bits per heavy atom. The second-order valence-corrected chi connectivity index (χ2v) is 6.95. The Balaban J connectivity index is 1.69. The van der Waals surface area contributed by atoms with E-state index in [1.807, 2.05) is 6.07 Å². The van der Waals surface area contributed by atoms with Crippen LogP contribution in [0.4, 0.5) is 0 Å². The van der Waals surface area contributed by atoms with Crippen LogP contribution in [0.5, 0.6) is 0 Å². The highest BCUT2D eigenvalue weighted by atomic mass is 16.1. The molecule has 0 saturated heterocycles. The minimum atomic E-state index is 0.0688. The minimum absolute atomic E-state index is 0.0688. The number of hydrogen-bond acceptors (Lipinski definition) is 2. The molecule has 22 heavy (non-hydrogen) atoms. The molecule has 1 heterocycles. The summed E-state index contributed by atoms with van der Waals surface area (Å²) in [5, 5.41) is 4.30. The van der Waals surface area contributed by atoms with Crippen molar-refractivity contribution in [3.63, 3.8) is 0 Å². The number of aryl methyl sites for hydroxylation is 1. The van der Waals surface area contributed by atoms with Crippen LogP contribution in [0.1, 0.15) is 40.9 Å². The maximum absolute atomic E-state index is 12.3. The van der Waals surface area contributed by atoms with E-state index in [-0.39, 0.29) is 5.91 Å². The highest BCUT2D eigenvalue weighted by Crippen LogP contribution is 2.31. The van der Waals surface area contributed by atoms with Crippen molar-refractivity contribution in [1.82, 2.24) is 15.2 Å². The van der Waals surface area contributed by atoms with Crippen LogP contribution in [0, 0.1) is 0 Å². The van der Waals surface area contributed by atoms with Gasteiger partial charge in [-0.3, -0.25) is 4.79 Å². The molecule has 0 bridgehead atoms. The quantitative estimate of drug-likeness (QED) is 0.914. The van der Waals surface area contributed by atoms with Crippen LogP contribution in [-0.2, 0) is 12.8 Å². The van der Waals surface area contributed by atoms with Gasteiger partial charge in [0.05, 0.1) is 0 Å². The first-order valence-corrected chi connectivity index (χ1v) is 8.22. The standard InChI is InChI=1S/C18H23N3O/c1-21(2)13-6-8-17-15(10-13)14-9-11(3-7-16(14)20-17)18(22)19-12-4-5-12/h3,7,9,12-13,20H,4-6,8,10H2,1-2H3,(H,19,22). The molecule has 1 atom stereocenters. The molecule has 2 N–H and O–H groups in total. The lowest BCUT2D eigenvalue weighted by molar-refractivity contribution is 0.0951. The van der Waals surface area contributed by atoms with Gasteiger partial charge in [0, 0.05) is 34.2 Å². The van der Waals surface area contributed by atoms with Crippen LogP contribution in [-0.4, -0.2) is 42.0 Å². The summed E-state index contributed by atoms with van der Waals surface area (Å²) in [4.78, 5) is 18.1. The predicted octanol–water partition coefficient (Wildman–Crippen LogP) is 2.48. The summed E-state index contributed by atoms with van der Waals surface area (Å²) in [6, 6.07) is 7.06. The lowest BCUT2D eigenvalue weighted by atomic mass is 9.90. The fourth-order valence-corrected chi connectivity index (χ4v) is 3.48. The fraction of sp³-hybridized carbons (Fsp3) is 0.500. The van der Waals surface area contributed by atoms with Crippen molar-refractivity contribution >= 4 is 16.8 Å². The van der Waals surface area contributed by atoms with Gasteiger partial charge in [0.2, 0.25) is 0 Å². The normalized spacial score (nSPS) is 21.1. The summed E-state index contributed by atoms with van der Waals surface area (Å²) in [5.41, 5.74) is 4.70.